The van der Waals surface area contributed by atoms with E-state index in [0.29, 0.717) is 45.3 Å². The molecule has 286 valence electrons. The molecule has 0 aliphatic rings. The average Bonchev–Trinajstić information content (AvgIpc) is 3.54. The quantitative estimate of drug-likeness (QED) is 0.0371. The molecule has 2 rings (SSSR count). The van der Waals surface area contributed by atoms with E-state index in [-0.39, 0.29) is 17.7 Å². The Hall–Kier alpha value is -3.47. The smallest absolute Gasteiger partial charge is 0.243 e. The van der Waals surface area contributed by atoms with Gasteiger partial charge in [-0.1, -0.05) is 81.5 Å². The predicted octanol–water partition coefficient (Wildman–Crippen LogP) is 6.07. The molecule has 0 radical (unpaired) electrons. The fraction of sp³-hybridized carbons (Fsp3) is 0.634. The number of allylic oxidation sites excluding steroid dienone is 4. The van der Waals surface area contributed by atoms with Crippen molar-refractivity contribution in [2.24, 2.45) is 11.5 Å². The minimum atomic E-state index is -0.817. The van der Waals surface area contributed by atoms with Crippen LogP contribution in [0.1, 0.15) is 122 Å². The predicted molar refractivity (Wildman–Crippen MR) is 212 cm³/mol. The van der Waals surface area contributed by atoms with Crippen molar-refractivity contribution in [1.29, 1.82) is 0 Å². The molecule has 0 fully saturated rings. The molecule has 10 nitrogen and oxygen atoms in total. The number of rotatable bonds is 31. The first-order valence-corrected chi connectivity index (χ1v) is 19.8. The van der Waals surface area contributed by atoms with Gasteiger partial charge in [-0.25, -0.2) is 0 Å². The Labute approximate surface area is 307 Å². The number of fused-ring (bicyclic) bond motifs is 1. The van der Waals surface area contributed by atoms with Gasteiger partial charge in [-0.3, -0.25) is 14.4 Å². The van der Waals surface area contributed by atoms with E-state index in [2.05, 4.69) is 57.5 Å². The zero-order chi connectivity index (χ0) is 36.8. The lowest BCUT2D eigenvalue weighted by Gasteiger charge is -2.23. The Kier molecular flexibility index (Phi) is 25.0. The third-order valence-corrected chi connectivity index (χ3v) is 9.07. The first-order valence-electron chi connectivity index (χ1n) is 19.8. The summed E-state index contributed by atoms with van der Waals surface area (Å²) in [7, 11) is 0. The lowest BCUT2D eigenvalue weighted by atomic mass is 10.0. The molecule has 10 heteroatoms. The van der Waals surface area contributed by atoms with E-state index in [1.807, 2.05) is 30.5 Å². The zero-order valence-electron chi connectivity index (χ0n) is 31.5. The number of H-pyrrole nitrogens is 1. The maximum absolute atomic E-state index is 13.8. The molecule has 0 saturated heterocycles. The molecule has 9 N–H and O–H groups in total. The molecule has 0 bridgehead atoms. The second-order valence-corrected chi connectivity index (χ2v) is 13.5. The molecular formula is C41H69N7O3. The topological polar surface area (TPSA) is 167 Å². The molecule has 51 heavy (non-hydrogen) atoms. The third kappa shape index (κ3) is 20.2. The van der Waals surface area contributed by atoms with E-state index >= 15 is 0 Å². The van der Waals surface area contributed by atoms with Crippen LogP contribution in [0.2, 0.25) is 0 Å². The lowest BCUT2D eigenvalue weighted by molar-refractivity contribution is -0.132. The fourth-order valence-electron chi connectivity index (χ4n) is 6.02. The number of hydrogen-bond donors (Lipinski definition) is 7. The minimum absolute atomic E-state index is 0.149. The molecule has 0 aliphatic carbocycles. The molecule has 0 aliphatic heterocycles. The number of aromatic amines is 1. The monoisotopic (exact) mass is 708 g/mol. The second kappa shape index (κ2) is 29.1. The van der Waals surface area contributed by atoms with Crippen molar-refractivity contribution in [3.8, 4) is 0 Å². The van der Waals surface area contributed by atoms with Gasteiger partial charge in [0.1, 0.15) is 12.1 Å². The number of nitrogens with one attached hydrogen (secondary N) is 5. The van der Waals surface area contributed by atoms with Crippen molar-refractivity contribution < 1.29 is 14.4 Å². The van der Waals surface area contributed by atoms with Crippen molar-refractivity contribution >= 4 is 28.6 Å². The number of nitrogens with two attached hydrogens (primary N) is 2. The van der Waals surface area contributed by atoms with E-state index in [9.17, 15) is 14.4 Å². The van der Waals surface area contributed by atoms with E-state index < -0.39 is 12.1 Å². The Morgan fingerprint density at radius 2 is 1.41 bits per heavy atom. The van der Waals surface area contributed by atoms with Crippen LogP contribution in [0.15, 0.2) is 54.8 Å². The summed E-state index contributed by atoms with van der Waals surface area (Å²) in [5.74, 6) is -0.742. The largest absolute Gasteiger partial charge is 0.361 e. The highest BCUT2D eigenvalue weighted by atomic mass is 16.2. The summed E-state index contributed by atoms with van der Waals surface area (Å²) >= 11 is 0. The Bertz CT molecular complexity index is 1270. The number of aromatic nitrogens is 1. The summed E-state index contributed by atoms with van der Waals surface area (Å²) in [4.78, 5) is 43.3. The van der Waals surface area contributed by atoms with Crippen LogP contribution in [0, 0.1) is 0 Å². The van der Waals surface area contributed by atoms with E-state index in [0.717, 1.165) is 93.8 Å². The molecule has 1 heterocycles. The third-order valence-electron chi connectivity index (χ3n) is 9.07. The molecular weight excluding hydrogens is 638 g/mol. The van der Waals surface area contributed by atoms with Gasteiger partial charge in [0.15, 0.2) is 0 Å². The van der Waals surface area contributed by atoms with Gasteiger partial charge >= 0.3 is 0 Å². The summed E-state index contributed by atoms with van der Waals surface area (Å²) in [5, 5.41) is 13.3. The standard InChI is InChI=1S/C41H69N7O3/c1-2-3-4-5-6-7-8-9-10-11-12-13-14-15-16-26-39(49)47-38(32-34-33-46-36-24-18-17-23-35(34)36)41(51)48-37(25-21-27-42)40(50)45-31-20-19-29-44-30-22-28-43/h6-7,9-10,17-18,23-24,33,37-38,44,46H,2-5,8,11-16,19-22,25-32,42-43H2,1H3,(H,45,50)(H,47,49)(H,48,51)/b7-6-,10-9-/t37-,38-/m0/s1. The Morgan fingerprint density at radius 1 is 0.725 bits per heavy atom. The summed E-state index contributed by atoms with van der Waals surface area (Å²) in [6, 6.07) is 6.36. The number of unbranched alkanes of at least 4 members (excludes halogenated alkanes) is 9. The number of para-hydroxylation sites is 1. The maximum Gasteiger partial charge on any atom is 0.243 e. The van der Waals surface area contributed by atoms with Gasteiger partial charge in [-0.05, 0) is 108 Å². The number of hydrogen-bond acceptors (Lipinski definition) is 6. The summed E-state index contributed by atoms with van der Waals surface area (Å²) in [6.07, 6.45) is 27.6. The molecule has 1 aromatic carbocycles. The number of carbonyl (C=O) groups is 3. The average molecular weight is 708 g/mol. The summed E-state index contributed by atoms with van der Waals surface area (Å²) < 4.78 is 0. The van der Waals surface area contributed by atoms with Crippen LogP contribution < -0.4 is 32.7 Å². The van der Waals surface area contributed by atoms with Crippen LogP contribution in [-0.4, -0.2) is 67.5 Å². The van der Waals surface area contributed by atoms with Crippen LogP contribution in [-0.2, 0) is 20.8 Å². The highest BCUT2D eigenvalue weighted by Gasteiger charge is 2.27. The SMILES string of the molecule is CCCCC/C=C\C/C=C\CCCCCCCC(=O)N[C@@H](Cc1c[nH]c2ccccc12)C(=O)N[C@@H](CCCN)C(=O)NCCCCNCCCN. The minimum Gasteiger partial charge on any atom is -0.361 e. The van der Waals surface area contributed by atoms with Gasteiger partial charge in [0.05, 0.1) is 0 Å². The fourth-order valence-corrected chi connectivity index (χ4v) is 6.02. The van der Waals surface area contributed by atoms with Crippen molar-refractivity contribution in [3.63, 3.8) is 0 Å². The molecule has 0 unspecified atom stereocenters. The highest BCUT2D eigenvalue weighted by molar-refractivity contribution is 5.93. The van der Waals surface area contributed by atoms with E-state index in [1.54, 1.807) is 0 Å². The van der Waals surface area contributed by atoms with Crippen molar-refractivity contribution in [2.75, 3.05) is 32.7 Å². The zero-order valence-corrected chi connectivity index (χ0v) is 31.5. The molecule has 1 aromatic heterocycles. The maximum atomic E-state index is 13.8. The van der Waals surface area contributed by atoms with Crippen molar-refractivity contribution in [3.05, 3.63) is 60.3 Å². The molecule has 2 atom stereocenters. The number of amides is 3. The van der Waals surface area contributed by atoms with E-state index in [4.69, 9.17) is 11.5 Å². The van der Waals surface area contributed by atoms with Crippen LogP contribution in [0.25, 0.3) is 10.9 Å². The van der Waals surface area contributed by atoms with Crippen LogP contribution in [0.4, 0.5) is 0 Å². The van der Waals surface area contributed by atoms with Crippen LogP contribution in [0.5, 0.6) is 0 Å². The van der Waals surface area contributed by atoms with Crippen molar-refractivity contribution in [1.82, 2.24) is 26.3 Å². The normalized spacial score (nSPS) is 12.8. The van der Waals surface area contributed by atoms with Gasteiger partial charge in [-0.15, -0.1) is 0 Å². The second-order valence-electron chi connectivity index (χ2n) is 13.5. The van der Waals surface area contributed by atoms with Crippen LogP contribution >= 0.6 is 0 Å². The summed E-state index contributed by atoms with van der Waals surface area (Å²) in [5.41, 5.74) is 13.2. The first kappa shape index (κ1) is 43.7. The van der Waals surface area contributed by atoms with E-state index in [1.165, 1.54) is 25.7 Å². The van der Waals surface area contributed by atoms with Gasteiger partial charge in [0.25, 0.3) is 0 Å². The molecule has 0 saturated carbocycles. The van der Waals surface area contributed by atoms with Crippen molar-refractivity contribution in [2.45, 2.75) is 135 Å². The summed E-state index contributed by atoms with van der Waals surface area (Å²) in [6.45, 7) is 5.60. The van der Waals surface area contributed by atoms with Gasteiger partial charge in [0, 0.05) is 36.5 Å². The van der Waals surface area contributed by atoms with Gasteiger partial charge in [-0.2, -0.15) is 0 Å². The van der Waals surface area contributed by atoms with Gasteiger partial charge < -0.3 is 37.7 Å². The lowest BCUT2D eigenvalue weighted by Crippen LogP contribution is -2.54. The Morgan fingerprint density at radius 3 is 2.18 bits per heavy atom. The van der Waals surface area contributed by atoms with Gasteiger partial charge in [0.2, 0.25) is 17.7 Å². The van der Waals surface area contributed by atoms with Crippen LogP contribution in [0.3, 0.4) is 0 Å². The molecule has 3 amide bonds. The molecule has 0 spiro atoms. The molecule has 2 aromatic rings. The highest BCUT2D eigenvalue weighted by Crippen LogP contribution is 2.19. The number of benzene rings is 1. The first-order chi connectivity index (χ1) is 25.0. The Balaban J connectivity index is 1.85. The number of carbonyl (C=O) groups excluding carboxylic acids is 3.